The fourth-order valence-electron chi connectivity index (χ4n) is 7.17. The number of anilines is 2. The SMILES string of the molecule is CCCC1CCC(C(=O)N2c3ccc(OC(F)(F)F)cc3C(N(Cc3cc(C(F)(F)F)cc(C(F)(F)F)c3)c3nnn(C)n3)CC2CC)CC1. The zero-order valence-electron chi connectivity index (χ0n) is 27.5. The molecule has 2 aromatic carbocycles. The Bertz CT molecular complexity index is 1620. The highest BCUT2D eigenvalue weighted by Crippen LogP contribution is 2.47. The van der Waals surface area contributed by atoms with E-state index in [-0.39, 0.29) is 41.5 Å². The number of nitrogens with zero attached hydrogens (tertiary/aromatic N) is 6. The second kappa shape index (κ2) is 14.3. The van der Waals surface area contributed by atoms with Gasteiger partial charge in [0.1, 0.15) is 5.75 Å². The summed E-state index contributed by atoms with van der Waals surface area (Å²) in [6.07, 6.45) is -9.76. The van der Waals surface area contributed by atoms with Crippen molar-refractivity contribution < 1.29 is 49.0 Å². The van der Waals surface area contributed by atoms with E-state index in [4.69, 9.17) is 0 Å². The number of alkyl halides is 9. The molecule has 2 unspecified atom stereocenters. The first-order valence-electron chi connectivity index (χ1n) is 16.4. The lowest BCUT2D eigenvalue weighted by Crippen LogP contribution is -2.50. The van der Waals surface area contributed by atoms with E-state index in [2.05, 4.69) is 27.1 Å². The van der Waals surface area contributed by atoms with Crippen molar-refractivity contribution in [1.29, 1.82) is 0 Å². The van der Waals surface area contributed by atoms with Crippen molar-refractivity contribution in [2.45, 2.75) is 103 Å². The van der Waals surface area contributed by atoms with Crippen LogP contribution in [0.15, 0.2) is 36.4 Å². The smallest absolute Gasteiger partial charge is 0.406 e. The normalized spacial score (nSPS) is 21.6. The molecule has 0 radical (unpaired) electrons. The summed E-state index contributed by atoms with van der Waals surface area (Å²) in [5, 5.41) is 11.9. The van der Waals surface area contributed by atoms with Crippen LogP contribution in [0, 0.1) is 11.8 Å². The van der Waals surface area contributed by atoms with Crippen molar-refractivity contribution in [3.8, 4) is 5.75 Å². The first kappa shape index (κ1) is 37.2. The first-order valence-corrected chi connectivity index (χ1v) is 16.4. The molecule has 2 aliphatic rings. The summed E-state index contributed by atoms with van der Waals surface area (Å²) >= 11 is 0. The molecule has 5 rings (SSSR count). The van der Waals surface area contributed by atoms with Gasteiger partial charge >= 0.3 is 18.7 Å². The zero-order valence-corrected chi connectivity index (χ0v) is 27.5. The van der Waals surface area contributed by atoms with Gasteiger partial charge in [-0.05, 0) is 91.6 Å². The second-order valence-electron chi connectivity index (χ2n) is 12.9. The average molecular weight is 721 g/mol. The third-order valence-corrected chi connectivity index (χ3v) is 9.44. The number of halogens is 9. The van der Waals surface area contributed by atoms with Gasteiger partial charge in [0.05, 0.1) is 24.2 Å². The van der Waals surface area contributed by atoms with E-state index in [0.717, 1.165) is 42.6 Å². The third-order valence-electron chi connectivity index (χ3n) is 9.44. The van der Waals surface area contributed by atoms with E-state index in [1.807, 2.05) is 6.92 Å². The number of hydrogen-bond acceptors (Lipinski definition) is 6. The Kier molecular flexibility index (Phi) is 10.6. The Morgan fingerprint density at radius 3 is 2.08 bits per heavy atom. The van der Waals surface area contributed by atoms with Gasteiger partial charge in [-0.2, -0.15) is 31.1 Å². The van der Waals surface area contributed by atoms with Crippen molar-refractivity contribution >= 4 is 17.5 Å². The molecule has 0 saturated heterocycles. The number of amides is 1. The summed E-state index contributed by atoms with van der Waals surface area (Å²) in [5.74, 6) is -0.813. The standard InChI is InChI=1S/C33H37F9N6O2/c1-4-6-19-7-9-21(10-8-19)29(49)48-24(5-2)16-28(26-17-25(11-12-27(26)48)50-33(40,41)42)47(30-43-45-46(3)44-30)18-20-13-22(31(34,35)36)15-23(14-20)32(37,38)39/h11-15,17,19,21,24,28H,4-10,16,18H2,1-3H3. The van der Waals surface area contributed by atoms with Crippen LogP contribution >= 0.6 is 0 Å². The summed E-state index contributed by atoms with van der Waals surface area (Å²) in [6, 6.07) is 3.11. The summed E-state index contributed by atoms with van der Waals surface area (Å²) in [5.41, 5.74) is -3.07. The monoisotopic (exact) mass is 720 g/mol. The minimum atomic E-state index is -5.11. The molecule has 2 atom stereocenters. The summed E-state index contributed by atoms with van der Waals surface area (Å²) in [4.78, 5) is 18.1. The van der Waals surface area contributed by atoms with Crippen LogP contribution < -0.4 is 14.5 Å². The number of fused-ring (bicyclic) bond motifs is 1. The van der Waals surface area contributed by atoms with E-state index in [1.165, 1.54) is 18.0 Å². The van der Waals surface area contributed by atoms with Crippen LogP contribution in [0.2, 0.25) is 0 Å². The van der Waals surface area contributed by atoms with E-state index in [0.29, 0.717) is 37.3 Å². The number of rotatable bonds is 9. The molecule has 8 nitrogen and oxygen atoms in total. The topological polar surface area (TPSA) is 76.4 Å². The molecule has 1 aliphatic carbocycles. The van der Waals surface area contributed by atoms with Crippen molar-refractivity contribution in [2.24, 2.45) is 18.9 Å². The molecule has 2 heterocycles. The van der Waals surface area contributed by atoms with Gasteiger partial charge in [0, 0.05) is 29.8 Å². The molecule has 0 bridgehead atoms. The second-order valence-corrected chi connectivity index (χ2v) is 12.9. The number of hydrogen-bond donors (Lipinski definition) is 0. The zero-order chi connectivity index (χ0) is 36.6. The van der Waals surface area contributed by atoms with Gasteiger partial charge in [-0.25, -0.2) is 0 Å². The predicted molar refractivity (Wildman–Crippen MR) is 164 cm³/mol. The molecular formula is C33H37F9N6O2. The molecule has 3 aromatic rings. The number of tetrazole rings is 1. The molecule has 1 aliphatic heterocycles. The lowest BCUT2D eigenvalue weighted by molar-refractivity contribution is -0.274. The Labute approximate surface area is 282 Å². The van der Waals surface area contributed by atoms with E-state index in [9.17, 15) is 44.3 Å². The van der Waals surface area contributed by atoms with Crippen molar-refractivity contribution in [1.82, 2.24) is 20.2 Å². The van der Waals surface area contributed by atoms with Crippen LogP contribution in [-0.2, 0) is 30.7 Å². The van der Waals surface area contributed by atoms with Crippen LogP contribution in [0.4, 0.5) is 51.1 Å². The maximum atomic E-state index is 14.2. The molecule has 1 aromatic heterocycles. The Hall–Kier alpha value is -4.05. The van der Waals surface area contributed by atoms with E-state index >= 15 is 0 Å². The van der Waals surface area contributed by atoms with Crippen molar-refractivity contribution in [3.05, 3.63) is 58.7 Å². The number of aryl methyl sites for hydroxylation is 1. The maximum Gasteiger partial charge on any atom is 0.573 e. The van der Waals surface area contributed by atoms with Gasteiger partial charge in [-0.15, -0.1) is 18.3 Å². The first-order chi connectivity index (χ1) is 23.4. The number of ether oxygens (including phenoxy) is 1. The molecule has 0 spiro atoms. The van der Waals surface area contributed by atoms with Crippen molar-refractivity contribution in [2.75, 3.05) is 9.80 Å². The molecule has 0 N–H and O–H groups in total. The van der Waals surface area contributed by atoms with Crippen molar-refractivity contribution in [3.63, 3.8) is 0 Å². The summed E-state index contributed by atoms with van der Waals surface area (Å²) in [7, 11) is 1.40. The molecule has 1 fully saturated rings. The third kappa shape index (κ3) is 8.45. The van der Waals surface area contributed by atoms with Gasteiger partial charge in [0.15, 0.2) is 0 Å². The van der Waals surface area contributed by atoms with Gasteiger partial charge in [-0.1, -0.05) is 31.8 Å². The molecule has 274 valence electrons. The number of carbonyl (C=O) groups excluding carboxylic acids is 1. The van der Waals surface area contributed by atoms with Crippen LogP contribution in [0.5, 0.6) is 5.75 Å². The highest BCUT2D eigenvalue weighted by Gasteiger charge is 2.43. The number of carbonyl (C=O) groups is 1. The molecule has 1 saturated carbocycles. The predicted octanol–water partition coefficient (Wildman–Crippen LogP) is 9.02. The lowest BCUT2D eigenvalue weighted by atomic mass is 9.78. The van der Waals surface area contributed by atoms with E-state index < -0.39 is 59.8 Å². The molecular weight excluding hydrogens is 683 g/mol. The van der Waals surface area contributed by atoms with Crippen LogP contribution in [0.3, 0.4) is 0 Å². The van der Waals surface area contributed by atoms with Gasteiger partial charge < -0.3 is 14.5 Å². The fraction of sp³-hybridized carbons (Fsp3) is 0.576. The highest BCUT2D eigenvalue weighted by molar-refractivity contribution is 5.97. The lowest BCUT2D eigenvalue weighted by Gasteiger charge is -2.45. The van der Waals surface area contributed by atoms with Gasteiger partial charge in [0.25, 0.3) is 5.95 Å². The number of aromatic nitrogens is 4. The molecule has 50 heavy (non-hydrogen) atoms. The minimum absolute atomic E-state index is 0.0113. The Balaban J connectivity index is 1.62. The highest BCUT2D eigenvalue weighted by atomic mass is 19.4. The quantitative estimate of drug-likeness (QED) is 0.206. The minimum Gasteiger partial charge on any atom is -0.406 e. The summed E-state index contributed by atoms with van der Waals surface area (Å²) in [6.45, 7) is 3.31. The molecule has 1 amide bonds. The van der Waals surface area contributed by atoms with Crippen LogP contribution in [0.1, 0.15) is 93.5 Å². The number of benzene rings is 2. The Morgan fingerprint density at radius 2 is 1.56 bits per heavy atom. The maximum absolute atomic E-state index is 14.2. The average Bonchev–Trinajstić information content (AvgIpc) is 3.47. The fourth-order valence-corrected chi connectivity index (χ4v) is 7.17. The van der Waals surface area contributed by atoms with E-state index in [1.54, 1.807) is 4.90 Å². The van der Waals surface area contributed by atoms with Crippen LogP contribution in [0.25, 0.3) is 0 Å². The Morgan fingerprint density at radius 1 is 0.920 bits per heavy atom. The largest absolute Gasteiger partial charge is 0.573 e. The van der Waals surface area contributed by atoms with Crippen LogP contribution in [-0.4, -0.2) is 38.5 Å². The summed E-state index contributed by atoms with van der Waals surface area (Å²) < 4.78 is 127. The van der Waals surface area contributed by atoms with Gasteiger partial charge in [-0.3, -0.25) is 4.79 Å². The molecule has 17 heteroatoms. The van der Waals surface area contributed by atoms with Gasteiger partial charge in [0.2, 0.25) is 5.91 Å².